The summed E-state index contributed by atoms with van der Waals surface area (Å²) in [4.78, 5) is 15.5. The molecule has 1 aliphatic heterocycles. The molecular weight excluding hydrogens is 398 g/mol. The fourth-order valence-corrected chi connectivity index (χ4v) is 4.38. The van der Waals surface area contributed by atoms with Crippen LogP contribution in [0.1, 0.15) is 22.9 Å². The molecule has 2 N–H and O–H groups in total. The molecule has 2 atom stereocenters. The van der Waals surface area contributed by atoms with Crippen LogP contribution >= 0.6 is 38.9 Å². The van der Waals surface area contributed by atoms with Gasteiger partial charge >= 0.3 is 0 Å². The van der Waals surface area contributed by atoms with Gasteiger partial charge in [0.1, 0.15) is 6.04 Å². The highest BCUT2D eigenvalue weighted by Crippen LogP contribution is 2.26. The van der Waals surface area contributed by atoms with Crippen molar-refractivity contribution in [2.24, 2.45) is 0 Å². The van der Waals surface area contributed by atoms with Gasteiger partial charge in [-0.3, -0.25) is 4.79 Å². The molecule has 1 aliphatic rings. The molecule has 2 aromatic rings. The third-order valence-electron chi connectivity index (χ3n) is 3.84. The first kappa shape index (κ1) is 16.9. The summed E-state index contributed by atoms with van der Waals surface area (Å²) in [5, 5.41) is 2.73. The number of hydrazine groups is 1. The van der Waals surface area contributed by atoms with Crippen LogP contribution in [0.5, 0.6) is 0 Å². The average Bonchev–Trinajstić information content (AvgIpc) is 3.16. The van der Waals surface area contributed by atoms with Crippen molar-refractivity contribution < 1.29 is 4.79 Å². The largest absolute Gasteiger partial charge is 0.339 e. The topological polar surface area (TPSA) is 44.4 Å². The Labute approximate surface area is 152 Å². The lowest BCUT2D eigenvalue weighted by Crippen LogP contribution is -2.43. The average molecular weight is 415 g/mol. The third-order valence-corrected chi connectivity index (χ3v) is 5.76. The van der Waals surface area contributed by atoms with E-state index >= 15 is 0 Å². The van der Waals surface area contributed by atoms with Gasteiger partial charge in [-0.2, -0.15) is 0 Å². The van der Waals surface area contributed by atoms with E-state index in [1.807, 2.05) is 42.8 Å². The molecule has 2 unspecified atom stereocenters. The smallest absolute Gasteiger partial charge is 0.241 e. The van der Waals surface area contributed by atoms with Crippen LogP contribution in [0.15, 0.2) is 40.2 Å². The molecule has 1 aromatic heterocycles. The molecular formula is C16H17BrClN3OS. The molecule has 0 spiro atoms. The second-order valence-corrected chi connectivity index (χ2v) is 7.96. The van der Waals surface area contributed by atoms with Gasteiger partial charge in [-0.25, -0.2) is 10.9 Å². The second-order valence-electron chi connectivity index (χ2n) is 5.61. The van der Waals surface area contributed by atoms with Crippen molar-refractivity contribution in [1.29, 1.82) is 0 Å². The summed E-state index contributed by atoms with van der Waals surface area (Å²) in [7, 11) is 1.84. The first-order valence-corrected chi connectivity index (χ1v) is 9.32. The maximum Gasteiger partial charge on any atom is 0.241 e. The highest BCUT2D eigenvalue weighted by molar-refractivity contribution is 9.10. The van der Waals surface area contributed by atoms with Crippen molar-refractivity contribution in [3.05, 3.63) is 55.6 Å². The molecule has 122 valence electrons. The standard InChI is InChI=1S/C16H17BrClN3OS/c1-21(8-13-6-11(17)9-23-13)16(22)15-7-14(19-20-15)10-3-2-4-12(18)5-10/h2-6,9,14-15,19-20H,7-8H2,1H3. The van der Waals surface area contributed by atoms with Gasteiger partial charge in [-0.15, -0.1) is 11.3 Å². The Morgan fingerprint density at radius 1 is 1.43 bits per heavy atom. The van der Waals surface area contributed by atoms with Crippen LogP contribution in [0.4, 0.5) is 0 Å². The van der Waals surface area contributed by atoms with Gasteiger partial charge in [0.2, 0.25) is 5.91 Å². The highest BCUT2D eigenvalue weighted by atomic mass is 79.9. The van der Waals surface area contributed by atoms with E-state index in [0.717, 1.165) is 14.9 Å². The Morgan fingerprint density at radius 3 is 2.96 bits per heavy atom. The molecule has 1 aromatic carbocycles. The monoisotopic (exact) mass is 413 g/mol. The van der Waals surface area contributed by atoms with E-state index in [2.05, 4.69) is 26.8 Å². The van der Waals surface area contributed by atoms with Crippen LogP contribution in [-0.2, 0) is 11.3 Å². The number of benzene rings is 1. The number of rotatable bonds is 4. The van der Waals surface area contributed by atoms with E-state index in [9.17, 15) is 4.79 Å². The molecule has 1 amide bonds. The summed E-state index contributed by atoms with van der Waals surface area (Å²) in [6.45, 7) is 0.620. The minimum absolute atomic E-state index is 0.0894. The molecule has 0 saturated carbocycles. The SMILES string of the molecule is CN(Cc1cc(Br)cs1)C(=O)C1CC(c2cccc(Cl)c2)NN1. The predicted octanol–water partition coefficient (Wildman–Crippen LogP) is 3.73. The van der Waals surface area contributed by atoms with Crippen LogP contribution in [0, 0.1) is 0 Å². The van der Waals surface area contributed by atoms with Gasteiger partial charge in [0, 0.05) is 32.8 Å². The van der Waals surface area contributed by atoms with E-state index in [1.54, 1.807) is 16.2 Å². The zero-order valence-corrected chi connectivity index (χ0v) is 15.7. The fraction of sp³-hybridized carbons (Fsp3) is 0.312. The first-order valence-electron chi connectivity index (χ1n) is 7.27. The summed E-state index contributed by atoms with van der Waals surface area (Å²) in [5.41, 5.74) is 7.39. The van der Waals surface area contributed by atoms with Crippen molar-refractivity contribution in [2.75, 3.05) is 7.05 Å². The normalized spacial score (nSPS) is 20.7. The van der Waals surface area contributed by atoms with E-state index in [-0.39, 0.29) is 18.0 Å². The number of carbonyl (C=O) groups excluding carboxylic acids is 1. The molecule has 23 heavy (non-hydrogen) atoms. The summed E-state index contributed by atoms with van der Waals surface area (Å²) in [6.07, 6.45) is 0.706. The first-order chi connectivity index (χ1) is 11.0. The Hall–Kier alpha value is -0.920. The van der Waals surface area contributed by atoms with E-state index in [0.29, 0.717) is 18.0 Å². The predicted molar refractivity (Wildman–Crippen MR) is 97.4 cm³/mol. The molecule has 0 aliphatic carbocycles. The maximum absolute atomic E-state index is 12.6. The molecule has 1 fully saturated rings. The van der Waals surface area contributed by atoms with Crippen molar-refractivity contribution >= 4 is 44.8 Å². The van der Waals surface area contributed by atoms with E-state index < -0.39 is 0 Å². The van der Waals surface area contributed by atoms with E-state index in [4.69, 9.17) is 11.6 Å². The summed E-state index contributed by atoms with van der Waals surface area (Å²) >= 11 is 11.1. The van der Waals surface area contributed by atoms with Gasteiger partial charge in [0.25, 0.3) is 0 Å². The fourth-order valence-electron chi connectivity index (χ4n) is 2.67. The zero-order valence-electron chi connectivity index (χ0n) is 12.6. The number of nitrogens with one attached hydrogen (secondary N) is 2. The summed E-state index contributed by atoms with van der Waals surface area (Å²) in [5.74, 6) is 0.0894. The maximum atomic E-state index is 12.6. The number of amides is 1. The molecule has 2 heterocycles. The van der Waals surface area contributed by atoms with Gasteiger partial charge < -0.3 is 4.90 Å². The lowest BCUT2D eigenvalue weighted by Gasteiger charge is -2.20. The lowest BCUT2D eigenvalue weighted by molar-refractivity contribution is -0.132. The van der Waals surface area contributed by atoms with Gasteiger partial charge in [0.15, 0.2) is 0 Å². The summed E-state index contributed by atoms with van der Waals surface area (Å²) < 4.78 is 1.06. The molecule has 1 saturated heterocycles. The van der Waals surface area contributed by atoms with Gasteiger partial charge in [0.05, 0.1) is 6.54 Å². The number of carbonyl (C=O) groups is 1. The molecule has 0 bridgehead atoms. The molecule has 7 heteroatoms. The molecule has 3 rings (SSSR count). The number of hydrogen-bond donors (Lipinski definition) is 2. The second kappa shape index (κ2) is 7.32. The Bertz CT molecular complexity index is 708. The summed E-state index contributed by atoms with van der Waals surface area (Å²) in [6, 6.07) is 9.63. The number of thiophene rings is 1. The Balaban J connectivity index is 1.60. The highest BCUT2D eigenvalue weighted by Gasteiger charge is 2.32. The minimum Gasteiger partial charge on any atom is -0.339 e. The van der Waals surface area contributed by atoms with Crippen molar-refractivity contribution in [2.45, 2.75) is 25.0 Å². The number of halogens is 2. The minimum atomic E-state index is -0.229. The van der Waals surface area contributed by atoms with Gasteiger partial charge in [-0.05, 0) is 46.1 Å². The Morgan fingerprint density at radius 2 is 2.26 bits per heavy atom. The van der Waals surface area contributed by atoms with Crippen LogP contribution in [0.2, 0.25) is 5.02 Å². The van der Waals surface area contributed by atoms with Crippen LogP contribution in [-0.4, -0.2) is 23.9 Å². The number of likely N-dealkylation sites (N-methyl/N-ethyl adjacent to an activating group) is 1. The van der Waals surface area contributed by atoms with E-state index in [1.165, 1.54) is 0 Å². The van der Waals surface area contributed by atoms with Crippen LogP contribution < -0.4 is 10.9 Å². The quantitative estimate of drug-likeness (QED) is 0.801. The lowest BCUT2D eigenvalue weighted by atomic mass is 10.0. The van der Waals surface area contributed by atoms with Crippen LogP contribution in [0.3, 0.4) is 0 Å². The Kier molecular flexibility index (Phi) is 5.38. The van der Waals surface area contributed by atoms with Crippen LogP contribution in [0.25, 0.3) is 0 Å². The number of hydrogen-bond acceptors (Lipinski definition) is 4. The van der Waals surface area contributed by atoms with Crippen molar-refractivity contribution in [1.82, 2.24) is 15.8 Å². The molecule has 4 nitrogen and oxygen atoms in total. The molecule has 0 radical (unpaired) electrons. The van der Waals surface area contributed by atoms with Crippen molar-refractivity contribution in [3.63, 3.8) is 0 Å². The third kappa shape index (κ3) is 4.14. The number of nitrogens with zero attached hydrogens (tertiary/aromatic N) is 1. The van der Waals surface area contributed by atoms with Gasteiger partial charge in [-0.1, -0.05) is 23.7 Å². The van der Waals surface area contributed by atoms with Crippen molar-refractivity contribution in [3.8, 4) is 0 Å². The zero-order chi connectivity index (χ0) is 16.4.